The number of nitrogens with one attached hydrogen (secondary N) is 1. The van der Waals surface area contributed by atoms with Crippen molar-refractivity contribution < 1.29 is 0 Å². The number of anilines is 3. The molecular weight excluding hydrogens is 336 g/mol. The van der Waals surface area contributed by atoms with Crippen molar-refractivity contribution in [2.24, 2.45) is 0 Å². The first-order valence-corrected chi connectivity index (χ1v) is 6.04. The van der Waals surface area contributed by atoms with Crippen LogP contribution in [-0.4, -0.2) is 9.97 Å². The normalized spacial score (nSPS) is 10.1. The largest absolute Gasteiger partial charge is 0.383 e. The van der Waals surface area contributed by atoms with E-state index in [1.165, 1.54) is 6.33 Å². The molecule has 2 aromatic rings. The van der Waals surface area contributed by atoms with Crippen molar-refractivity contribution >= 4 is 49.2 Å². The van der Waals surface area contributed by atoms with Crippen LogP contribution in [0.4, 0.5) is 17.3 Å². The molecule has 0 atom stereocenters. The van der Waals surface area contributed by atoms with Crippen molar-refractivity contribution in [1.82, 2.24) is 9.97 Å². The van der Waals surface area contributed by atoms with Gasteiger partial charge in [0.05, 0.1) is 0 Å². The molecule has 0 saturated heterocycles. The molecule has 16 heavy (non-hydrogen) atoms. The summed E-state index contributed by atoms with van der Waals surface area (Å²) in [6, 6.07) is 7.78. The summed E-state index contributed by atoms with van der Waals surface area (Å²) in [5.74, 6) is 1.05. The van der Waals surface area contributed by atoms with Gasteiger partial charge >= 0.3 is 0 Å². The minimum atomic E-state index is 0.410. The average molecular weight is 344 g/mol. The Morgan fingerprint density at radius 3 is 2.75 bits per heavy atom. The fourth-order valence-corrected chi connectivity index (χ4v) is 1.88. The molecule has 1 aromatic heterocycles. The standard InChI is InChI=1S/C10H8Br2N4/c11-6-2-1-3-7(4-6)16-10-8(12)9(13)14-5-15-10/h1-5H,(H3,13,14,15,16). The number of benzene rings is 1. The summed E-state index contributed by atoms with van der Waals surface area (Å²) in [6.07, 6.45) is 1.42. The van der Waals surface area contributed by atoms with Crippen LogP contribution in [0.15, 0.2) is 39.5 Å². The minimum absolute atomic E-state index is 0.410. The predicted molar refractivity (Wildman–Crippen MR) is 71.6 cm³/mol. The SMILES string of the molecule is Nc1ncnc(Nc2cccc(Br)c2)c1Br. The topological polar surface area (TPSA) is 63.8 Å². The Hall–Kier alpha value is -1.14. The highest BCUT2D eigenvalue weighted by Crippen LogP contribution is 2.27. The maximum absolute atomic E-state index is 5.66. The van der Waals surface area contributed by atoms with Gasteiger partial charge in [-0.25, -0.2) is 9.97 Å². The summed E-state index contributed by atoms with van der Waals surface area (Å²) in [6.45, 7) is 0. The Kier molecular flexibility index (Phi) is 3.40. The highest BCUT2D eigenvalue weighted by molar-refractivity contribution is 9.11. The molecule has 2 rings (SSSR count). The minimum Gasteiger partial charge on any atom is -0.383 e. The molecule has 0 aliphatic carbocycles. The third-order valence-corrected chi connectivity index (χ3v) is 3.18. The molecule has 0 radical (unpaired) electrons. The molecule has 82 valence electrons. The zero-order valence-corrected chi connectivity index (χ0v) is 11.3. The van der Waals surface area contributed by atoms with Crippen molar-refractivity contribution in [1.29, 1.82) is 0 Å². The third kappa shape index (κ3) is 2.51. The summed E-state index contributed by atoms with van der Waals surface area (Å²) in [5, 5.41) is 3.15. The van der Waals surface area contributed by atoms with E-state index >= 15 is 0 Å². The number of rotatable bonds is 2. The van der Waals surface area contributed by atoms with Crippen LogP contribution < -0.4 is 11.1 Å². The van der Waals surface area contributed by atoms with E-state index in [0.29, 0.717) is 16.1 Å². The van der Waals surface area contributed by atoms with Gasteiger partial charge in [-0.05, 0) is 34.1 Å². The van der Waals surface area contributed by atoms with Crippen LogP contribution in [0.2, 0.25) is 0 Å². The van der Waals surface area contributed by atoms with Crippen LogP contribution in [0.25, 0.3) is 0 Å². The fourth-order valence-electron chi connectivity index (χ4n) is 1.17. The molecular formula is C10H8Br2N4. The monoisotopic (exact) mass is 342 g/mol. The Labute approximate surface area is 110 Å². The Bertz CT molecular complexity index is 516. The first-order chi connectivity index (χ1) is 7.66. The lowest BCUT2D eigenvalue weighted by molar-refractivity contribution is 1.16. The van der Waals surface area contributed by atoms with E-state index in [0.717, 1.165) is 10.2 Å². The molecule has 1 aromatic carbocycles. The summed E-state index contributed by atoms with van der Waals surface area (Å²) >= 11 is 6.73. The number of aromatic nitrogens is 2. The van der Waals surface area contributed by atoms with Gasteiger partial charge in [-0.15, -0.1) is 0 Å². The van der Waals surface area contributed by atoms with Crippen LogP contribution in [-0.2, 0) is 0 Å². The summed E-state index contributed by atoms with van der Waals surface area (Å²) in [7, 11) is 0. The van der Waals surface area contributed by atoms with Crippen LogP contribution >= 0.6 is 31.9 Å². The van der Waals surface area contributed by atoms with Crippen LogP contribution in [0, 0.1) is 0 Å². The molecule has 0 bridgehead atoms. The fraction of sp³-hybridized carbons (Fsp3) is 0. The van der Waals surface area contributed by atoms with Crippen LogP contribution in [0.1, 0.15) is 0 Å². The zero-order chi connectivity index (χ0) is 11.5. The van der Waals surface area contributed by atoms with Gasteiger partial charge < -0.3 is 11.1 Å². The van der Waals surface area contributed by atoms with Gasteiger partial charge in [-0.3, -0.25) is 0 Å². The number of halogens is 2. The lowest BCUT2D eigenvalue weighted by Crippen LogP contribution is -1.99. The van der Waals surface area contributed by atoms with Gasteiger partial charge in [0.1, 0.15) is 22.4 Å². The Balaban J connectivity index is 2.31. The highest BCUT2D eigenvalue weighted by Gasteiger charge is 2.05. The molecule has 0 saturated carbocycles. The van der Waals surface area contributed by atoms with E-state index in [-0.39, 0.29) is 0 Å². The average Bonchev–Trinajstić information content (AvgIpc) is 2.25. The molecule has 3 N–H and O–H groups in total. The Morgan fingerprint density at radius 1 is 1.19 bits per heavy atom. The van der Waals surface area contributed by atoms with Crippen molar-refractivity contribution in [3.8, 4) is 0 Å². The summed E-state index contributed by atoms with van der Waals surface area (Å²) in [4.78, 5) is 7.97. The molecule has 6 heteroatoms. The van der Waals surface area contributed by atoms with Gasteiger partial charge in [0, 0.05) is 10.2 Å². The van der Waals surface area contributed by atoms with Crippen molar-refractivity contribution in [2.45, 2.75) is 0 Å². The van der Waals surface area contributed by atoms with Gasteiger partial charge in [-0.2, -0.15) is 0 Å². The molecule has 0 unspecified atom stereocenters. The second-order valence-corrected chi connectivity index (χ2v) is 4.77. The second-order valence-electron chi connectivity index (χ2n) is 3.06. The van der Waals surface area contributed by atoms with Crippen molar-refractivity contribution in [3.05, 3.63) is 39.5 Å². The predicted octanol–water partition coefficient (Wildman–Crippen LogP) is 3.33. The third-order valence-electron chi connectivity index (χ3n) is 1.90. The zero-order valence-electron chi connectivity index (χ0n) is 8.11. The van der Waals surface area contributed by atoms with Crippen LogP contribution in [0.5, 0.6) is 0 Å². The maximum atomic E-state index is 5.66. The number of hydrogen-bond acceptors (Lipinski definition) is 4. The smallest absolute Gasteiger partial charge is 0.150 e. The number of nitrogens with two attached hydrogens (primary N) is 1. The van der Waals surface area contributed by atoms with Crippen molar-refractivity contribution in [2.75, 3.05) is 11.1 Å². The van der Waals surface area contributed by atoms with Crippen LogP contribution in [0.3, 0.4) is 0 Å². The lowest BCUT2D eigenvalue weighted by atomic mass is 10.3. The van der Waals surface area contributed by atoms with E-state index in [1.807, 2.05) is 24.3 Å². The number of hydrogen-bond donors (Lipinski definition) is 2. The van der Waals surface area contributed by atoms with E-state index in [4.69, 9.17) is 5.73 Å². The van der Waals surface area contributed by atoms with Gasteiger partial charge in [0.25, 0.3) is 0 Å². The van der Waals surface area contributed by atoms with Gasteiger partial charge in [0.2, 0.25) is 0 Å². The van der Waals surface area contributed by atoms with Gasteiger partial charge in [0.15, 0.2) is 0 Å². The number of nitrogen functional groups attached to an aromatic ring is 1. The van der Waals surface area contributed by atoms with Gasteiger partial charge in [-0.1, -0.05) is 22.0 Å². The quantitative estimate of drug-likeness (QED) is 0.877. The molecule has 0 aliphatic heterocycles. The molecule has 0 aliphatic rings. The Morgan fingerprint density at radius 2 is 2.00 bits per heavy atom. The van der Waals surface area contributed by atoms with E-state index in [1.54, 1.807) is 0 Å². The highest BCUT2D eigenvalue weighted by atomic mass is 79.9. The summed E-state index contributed by atoms with van der Waals surface area (Å²) in [5.41, 5.74) is 6.58. The van der Waals surface area contributed by atoms with E-state index < -0.39 is 0 Å². The molecule has 4 nitrogen and oxygen atoms in total. The molecule has 0 amide bonds. The number of nitrogens with zero attached hydrogens (tertiary/aromatic N) is 2. The molecule has 0 fully saturated rings. The van der Waals surface area contributed by atoms with E-state index in [2.05, 4.69) is 47.1 Å². The summed E-state index contributed by atoms with van der Waals surface area (Å²) < 4.78 is 1.66. The van der Waals surface area contributed by atoms with E-state index in [9.17, 15) is 0 Å². The molecule has 0 spiro atoms. The first kappa shape index (κ1) is 11.3. The van der Waals surface area contributed by atoms with Crippen molar-refractivity contribution in [3.63, 3.8) is 0 Å². The first-order valence-electron chi connectivity index (χ1n) is 4.45. The molecule has 1 heterocycles. The lowest BCUT2D eigenvalue weighted by Gasteiger charge is -2.08. The second kappa shape index (κ2) is 4.80. The maximum Gasteiger partial charge on any atom is 0.150 e.